The lowest BCUT2D eigenvalue weighted by Crippen LogP contribution is -2.45. The van der Waals surface area contributed by atoms with Crippen molar-refractivity contribution in [3.8, 4) is 11.8 Å². The first-order valence-electron chi connectivity index (χ1n) is 19.5. The van der Waals surface area contributed by atoms with Crippen LogP contribution >= 0.6 is 11.8 Å². The number of Topliss-reactive ketones (excluding diaryl/α,β-unsaturated/α-hetero) is 1. The maximum Gasteiger partial charge on any atom is 0.309 e. The molecule has 314 valence electrons. The first-order chi connectivity index (χ1) is 27.7. The number of amides is 1. The molecular formula is C44H51N3O10S2. The molecule has 2 heterocycles. The van der Waals surface area contributed by atoms with Crippen LogP contribution in [-0.2, 0) is 33.8 Å². The molecule has 13 nitrogen and oxygen atoms in total. The number of nitro groups is 1. The number of aliphatic hydroxyl groups is 1. The average Bonchev–Trinajstić information content (AvgIpc) is 3.71. The quantitative estimate of drug-likeness (QED) is 0.112. The van der Waals surface area contributed by atoms with Gasteiger partial charge in [-0.1, -0.05) is 56.0 Å². The zero-order chi connectivity index (χ0) is 43.4. The highest BCUT2D eigenvalue weighted by Crippen LogP contribution is 2.51. The Morgan fingerprint density at radius 1 is 1.15 bits per heavy atom. The molecule has 0 spiro atoms. The van der Waals surface area contributed by atoms with E-state index in [1.165, 1.54) is 47.7 Å². The van der Waals surface area contributed by atoms with Crippen LogP contribution in [0.15, 0.2) is 89.4 Å². The van der Waals surface area contributed by atoms with Gasteiger partial charge in [-0.3, -0.25) is 29.3 Å². The molecule has 59 heavy (non-hydrogen) atoms. The molecule has 0 radical (unpaired) electrons. The summed E-state index contributed by atoms with van der Waals surface area (Å²) in [5.74, 6) is 6.27. The summed E-state index contributed by atoms with van der Waals surface area (Å²) in [6, 6.07) is 12.5. The van der Waals surface area contributed by atoms with Gasteiger partial charge in [0.15, 0.2) is 21.2 Å². The fourth-order valence-electron chi connectivity index (χ4n) is 8.07. The first kappa shape index (κ1) is 45.2. The first-order valence-corrected chi connectivity index (χ1v) is 22.2. The van der Waals surface area contributed by atoms with E-state index >= 15 is 0 Å². The van der Waals surface area contributed by atoms with Crippen molar-refractivity contribution in [1.82, 2.24) is 5.32 Å². The van der Waals surface area contributed by atoms with Crippen LogP contribution in [0.5, 0.6) is 0 Å². The predicted molar refractivity (Wildman–Crippen MR) is 224 cm³/mol. The molecule has 5 aliphatic rings. The Morgan fingerprint density at radius 3 is 2.49 bits per heavy atom. The number of esters is 1. The molecular weight excluding hydrogens is 795 g/mol. The average molecular weight is 846 g/mol. The van der Waals surface area contributed by atoms with Crippen LogP contribution in [0.4, 0.5) is 5.69 Å². The summed E-state index contributed by atoms with van der Waals surface area (Å²) in [6.07, 6.45) is 6.70. The van der Waals surface area contributed by atoms with Crippen molar-refractivity contribution in [3.63, 3.8) is 0 Å². The van der Waals surface area contributed by atoms with Crippen molar-refractivity contribution < 1.29 is 42.4 Å². The second-order valence-corrected chi connectivity index (χ2v) is 19.3. The number of allylic oxidation sites excluding steroid dienone is 3. The number of carbonyl (C=O) groups excluding carboxylic acids is 4. The van der Waals surface area contributed by atoms with Gasteiger partial charge in [-0.2, -0.15) is 11.8 Å². The van der Waals surface area contributed by atoms with E-state index in [1.54, 1.807) is 6.92 Å². The number of ether oxygens (including phenoxy) is 1. The highest BCUT2D eigenvalue weighted by atomic mass is 32.2. The SMILES string of the molecule is C=C1CCC2C(C)C(=O)OC2C2C(C)C(=O)CC12.CC(C)NC(=O)C(N)CSC1CS(=O)(=O)c2cc([N+](=O)[O-])ccc21.CC1=CC(O)(C#Cc2ccccc2)C=CC1=O. The number of nitrogens with one attached hydrogen (secondary N) is 1. The molecule has 1 amide bonds. The van der Waals surface area contributed by atoms with Gasteiger partial charge in [-0.05, 0) is 87.1 Å². The zero-order valence-corrected chi connectivity index (χ0v) is 35.4. The monoisotopic (exact) mass is 845 g/mol. The normalized spacial score (nSPS) is 29.1. The van der Waals surface area contributed by atoms with Gasteiger partial charge in [0.2, 0.25) is 5.91 Å². The molecule has 2 aromatic carbocycles. The molecule has 1 saturated heterocycles. The van der Waals surface area contributed by atoms with E-state index in [0.29, 0.717) is 23.3 Å². The third kappa shape index (κ3) is 10.7. The minimum atomic E-state index is -3.56. The number of hydrogen-bond acceptors (Lipinski definition) is 12. The number of sulfone groups is 1. The molecule has 0 aromatic heterocycles. The number of fused-ring (bicyclic) bond motifs is 4. The Kier molecular flexibility index (Phi) is 14.2. The number of thioether (sulfide) groups is 1. The zero-order valence-electron chi connectivity index (χ0n) is 33.8. The topological polar surface area (TPSA) is 213 Å². The Morgan fingerprint density at radius 2 is 1.85 bits per heavy atom. The fourth-order valence-corrected chi connectivity index (χ4v) is 11.7. The van der Waals surface area contributed by atoms with Crippen LogP contribution in [0.1, 0.15) is 70.3 Å². The Bertz CT molecular complexity index is 2240. The summed E-state index contributed by atoms with van der Waals surface area (Å²) in [4.78, 5) is 57.0. The van der Waals surface area contributed by atoms with Crippen LogP contribution in [0.2, 0.25) is 0 Å². The van der Waals surface area contributed by atoms with Gasteiger partial charge in [-0.15, -0.1) is 0 Å². The summed E-state index contributed by atoms with van der Waals surface area (Å²) in [5.41, 5.74) is 7.29. The number of nitrogens with zero attached hydrogens (tertiary/aromatic N) is 1. The van der Waals surface area contributed by atoms with Crippen LogP contribution in [0.25, 0.3) is 0 Å². The third-order valence-electron chi connectivity index (χ3n) is 11.4. The fraction of sp³-hybridized carbons (Fsp3) is 0.455. The largest absolute Gasteiger partial charge is 0.461 e. The van der Waals surface area contributed by atoms with Crippen molar-refractivity contribution in [2.45, 2.75) is 87.8 Å². The van der Waals surface area contributed by atoms with Crippen molar-refractivity contribution in [2.75, 3.05) is 11.5 Å². The minimum Gasteiger partial charge on any atom is -0.461 e. The van der Waals surface area contributed by atoms with Crippen molar-refractivity contribution in [2.24, 2.45) is 35.3 Å². The smallest absolute Gasteiger partial charge is 0.309 e. The van der Waals surface area contributed by atoms with Gasteiger partial charge >= 0.3 is 5.97 Å². The summed E-state index contributed by atoms with van der Waals surface area (Å²) < 4.78 is 30.0. The molecule has 9 unspecified atom stereocenters. The molecule has 4 N–H and O–H groups in total. The van der Waals surface area contributed by atoms with E-state index < -0.39 is 26.4 Å². The maximum atomic E-state index is 12.2. The number of nitro benzene ring substituents is 1. The molecule has 3 aliphatic carbocycles. The molecule has 2 aliphatic heterocycles. The number of ketones is 2. The number of non-ortho nitro benzene ring substituents is 1. The van der Waals surface area contributed by atoms with Gasteiger partial charge < -0.3 is 20.9 Å². The highest BCUT2D eigenvalue weighted by Gasteiger charge is 2.55. The van der Waals surface area contributed by atoms with Crippen LogP contribution < -0.4 is 11.1 Å². The van der Waals surface area contributed by atoms with Gasteiger partial charge in [0, 0.05) is 58.9 Å². The van der Waals surface area contributed by atoms with Crippen molar-refractivity contribution in [1.29, 1.82) is 0 Å². The number of benzene rings is 2. The predicted octanol–water partition coefficient (Wildman–Crippen LogP) is 5.22. The number of nitrogens with two attached hydrogens (primary N) is 1. The van der Waals surface area contributed by atoms with E-state index in [-0.39, 0.29) is 86.7 Å². The van der Waals surface area contributed by atoms with Gasteiger partial charge in [-0.25, -0.2) is 8.42 Å². The summed E-state index contributed by atoms with van der Waals surface area (Å²) in [7, 11) is -3.56. The Labute approximate surface area is 349 Å². The summed E-state index contributed by atoms with van der Waals surface area (Å²) in [5, 5.41) is 23.3. The Balaban J connectivity index is 0.000000171. The lowest BCUT2D eigenvalue weighted by Gasteiger charge is -2.28. The van der Waals surface area contributed by atoms with E-state index in [4.69, 9.17) is 10.5 Å². The highest BCUT2D eigenvalue weighted by molar-refractivity contribution is 8.01. The lowest BCUT2D eigenvalue weighted by atomic mass is 9.78. The van der Waals surface area contributed by atoms with Gasteiger partial charge in [0.05, 0.1) is 27.5 Å². The molecule has 9 atom stereocenters. The summed E-state index contributed by atoms with van der Waals surface area (Å²) >= 11 is 1.27. The van der Waals surface area contributed by atoms with E-state index in [9.17, 15) is 42.8 Å². The van der Waals surface area contributed by atoms with E-state index in [2.05, 4.69) is 23.7 Å². The van der Waals surface area contributed by atoms with E-state index in [1.807, 2.05) is 58.0 Å². The standard InChI is InChI=1S/C15H20O3.C15H12O2.C14H19N3O5S2/c1-7-4-5-10-8(2)15(17)18-14(10)13-9(3)12(16)6-11(7)13;1-12-11-15(17,10-8-14(12)16)9-7-13-5-3-2-4-6-13;1-8(2)16-14(18)11(15)6-23-12-7-24(21,22)13-5-9(17(19)20)3-4-10(12)13/h8-11,13-14H,1,4-6H2,2-3H3;2-6,8,10-11,17H,1H3;3-5,8,11-12H,6-7,15H2,1-2H3,(H,16,18). The molecule has 0 bridgehead atoms. The molecule has 2 aromatic rings. The molecule has 2 saturated carbocycles. The molecule has 7 rings (SSSR count). The third-order valence-corrected chi connectivity index (χ3v) is 14.7. The van der Waals surface area contributed by atoms with E-state index in [0.717, 1.165) is 24.5 Å². The lowest BCUT2D eigenvalue weighted by molar-refractivity contribution is -0.385. The van der Waals surface area contributed by atoms with Gasteiger partial charge in [0.25, 0.3) is 5.69 Å². The minimum absolute atomic E-state index is 0.00518. The Hall–Kier alpha value is -4.88. The molecule has 15 heteroatoms. The molecule has 3 fully saturated rings. The van der Waals surface area contributed by atoms with Crippen LogP contribution in [0, 0.1) is 51.5 Å². The second kappa shape index (κ2) is 18.6. The van der Waals surface area contributed by atoms with Crippen molar-refractivity contribution in [3.05, 3.63) is 106 Å². The van der Waals surface area contributed by atoms with Crippen molar-refractivity contribution >= 4 is 50.7 Å². The maximum absolute atomic E-state index is 12.2. The number of rotatable bonds is 6. The summed E-state index contributed by atoms with van der Waals surface area (Å²) in [6.45, 7) is 13.4. The second-order valence-electron chi connectivity index (χ2n) is 16.0. The van der Waals surface area contributed by atoms with Gasteiger partial charge in [0.1, 0.15) is 11.9 Å². The number of carbonyl (C=O) groups is 4. The number of hydrogen-bond donors (Lipinski definition) is 3. The van der Waals surface area contributed by atoms with Crippen LogP contribution in [-0.4, -0.2) is 77.2 Å². The van der Waals surface area contributed by atoms with Crippen LogP contribution in [0.3, 0.4) is 0 Å².